The van der Waals surface area contributed by atoms with E-state index in [1.165, 1.54) is 0 Å². The van der Waals surface area contributed by atoms with Crippen molar-refractivity contribution in [2.24, 2.45) is 5.92 Å². The standard InChI is InChI=1S/C12H17N3O2/c1-7-8(2)14-10(6-13-7)15-12(3,11(16)17)9-4-5-9/h6,9H,4-5H2,1-3H3,(H,14,15)(H,16,17). The first-order valence-electron chi connectivity index (χ1n) is 5.75. The molecule has 1 aromatic rings. The van der Waals surface area contributed by atoms with Crippen LogP contribution in [0, 0.1) is 19.8 Å². The van der Waals surface area contributed by atoms with Gasteiger partial charge in [-0.1, -0.05) is 0 Å². The van der Waals surface area contributed by atoms with Crippen molar-refractivity contribution >= 4 is 11.8 Å². The van der Waals surface area contributed by atoms with Crippen molar-refractivity contribution in [2.45, 2.75) is 39.2 Å². The first-order chi connectivity index (χ1) is 7.93. The monoisotopic (exact) mass is 235 g/mol. The minimum Gasteiger partial charge on any atom is -0.480 e. The fraction of sp³-hybridized carbons (Fsp3) is 0.583. The molecule has 0 amide bonds. The predicted molar refractivity (Wildman–Crippen MR) is 63.9 cm³/mol. The number of carboxylic acids is 1. The molecule has 0 radical (unpaired) electrons. The summed E-state index contributed by atoms with van der Waals surface area (Å²) < 4.78 is 0. The van der Waals surface area contributed by atoms with Gasteiger partial charge in [-0.05, 0) is 39.5 Å². The van der Waals surface area contributed by atoms with Crippen LogP contribution in [-0.4, -0.2) is 26.6 Å². The summed E-state index contributed by atoms with van der Waals surface area (Å²) >= 11 is 0. The predicted octanol–water partition coefficient (Wildman–Crippen LogP) is 1.76. The maximum Gasteiger partial charge on any atom is 0.329 e. The molecule has 0 aliphatic heterocycles. The zero-order chi connectivity index (χ0) is 12.6. The van der Waals surface area contributed by atoms with Gasteiger partial charge in [-0.15, -0.1) is 0 Å². The van der Waals surface area contributed by atoms with Gasteiger partial charge in [-0.2, -0.15) is 0 Å². The van der Waals surface area contributed by atoms with E-state index in [9.17, 15) is 9.90 Å². The first-order valence-corrected chi connectivity index (χ1v) is 5.75. The molecule has 0 saturated heterocycles. The zero-order valence-corrected chi connectivity index (χ0v) is 10.3. The van der Waals surface area contributed by atoms with E-state index in [1.807, 2.05) is 13.8 Å². The Kier molecular flexibility index (Phi) is 2.77. The Bertz CT molecular complexity index is 457. The maximum atomic E-state index is 11.3. The summed E-state index contributed by atoms with van der Waals surface area (Å²) in [6, 6.07) is 0. The van der Waals surface area contributed by atoms with E-state index in [-0.39, 0.29) is 5.92 Å². The molecular formula is C12H17N3O2. The molecule has 1 unspecified atom stereocenters. The quantitative estimate of drug-likeness (QED) is 0.831. The zero-order valence-electron chi connectivity index (χ0n) is 10.3. The number of aromatic nitrogens is 2. The van der Waals surface area contributed by atoms with E-state index in [4.69, 9.17) is 0 Å². The lowest BCUT2D eigenvalue weighted by molar-refractivity contribution is -0.142. The van der Waals surface area contributed by atoms with Crippen LogP contribution in [0.2, 0.25) is 0 Å². The molecule has 0 bridgehead atoms. The lowest BCUT2D eigenvalue weighted by Gasteiger charge is -2.26. The summed E-state index contributed by atoms with van der Waals surface area (Å²) in [5, 5.41) is 12.3. The van der Waals surface area contributed by atoms with Crippen molar-refractivity contribution in [1.82, 2.24) is 9.97 Å². The van der Waals surface area contributed by atoms with Gasteiger partial charge in [-0.3, -0.25) is 4.98 Å². The number of rotatable bonds is 4. The largest absolute Gasteiger partial charge is 0.480 e. The number of hydrogen-bond acceptors (Lipinski definition) is 4. The normalized spacial score (nSPS) is 18.5. The number of carbonyl (C=O) groups is 1. The van der Waals surface area contributed by atoms with Gasteiger partial charge in [0.2, 0.25) is 0 Å². The third-order valence-electron chi connectivity index (χ3n) is 3.42. The van der Waals surface area contributed by atoms with Crippen LogP contribution in [0.4, 0.5) is 5.82 Å². The van der Waals surface area contributed by atoms with E-state index in [0.717, 1.165) is 24.2 Å². The number of aliphatic carboxylic acids is 1. The molecule has 1 atom stereocenters. The van der Waals surface area contributed by atoms with Crippen molar-refractivity contribution in [2.75, 3.05) is 5.32 Å². The summed E-state index contributed by atoms with van der Waals surface area (Å²) in [4.78, 5) is 19.8. The molecule has 1 aliphatic rings. The van der Waals surface area contributed by atoms with Crippen molar-refractivity contribution in [3.8, 4) is 0 Å². The topological polar surface area (TPSA) is 75.1 Å². The lowest BCUT2D eigenvalue weighted by Crippen LogP contribution is -2.45. The Hall–Kier alpha value is -1.65. The molecule has 2 N–H and O–H groups in total. The molecule has 1 saturated carbocycles. The average Bonchev–Trinajstić information content (AvgIpc) is 3.07. The summed E-state index contributed by atoms with van der Waals surface area (Å²) in [6.07, 6.45) is 3.49. The molecule has 0 aromatic carbocycles. The third kappa shape index (κ3) is 2.23. The summed E-state index contributed by atoms with van der Waals surface area (Å²) in [5.74, 6) is -0.117. The third-order valence-corrected chi connectivity index (χ3v) is 3.42. The number of nitrogens with one attached hydrogen (secondary N) is 1. The Morgan fingerprint density at radius 2 is 2.12 bits per heavy atom. The van der Waals surface area contributed by atoms with E-state index < -0.39 is 11.5 Å². The molecule has 5 nitrogen and oxygen atoms in total. The highest BCUT2D eigenvalue weighted by Crippen LogP contribution is 2.41. The Balaban J connectivity index is 2.23. The number of aryl methyl sites for hydroxylation is 2. The fourth-order valence-electron chi connectivity index (χ4n) is 1.86. The molecule has 92 valence electrons. The van der Waals surface area contributed by atoms with Crippen LogP contribution >= 0.6 is 0 Å². The number of nitrogens with zero attached hydrogens (tertiary/aromatic N) is 2. The fourth-order valence-corrected chi connectivity index (χ4v) is 1.86. The second-order valence-electron chi connectivity index (χ2n) is 4.83. The molecule has 0 spiro atoms. The number of anilines is 1. The summed E-state index contributed by atoms with van der Waals surface area (Å²) in [6.45, 7) is 5.45. The number of carboxylic acid groups (broad SMARTS) is 1. The summed E-state index contributed by atoms with van der Waals surface area (Å²) in [7, 11) is 0. The van der Waals surface area contributed by atoms with E-state index in [1.54, 1.807) is 13.1 Å². The van der Waals surface area contributed by atoms with Gasteiger partial charge in [-0.25, -0.2) is 9.78 Å². The van der Waals surface area contributed by atoms with Crippen LogP contribution in [0.15, 0.2) is 6.20 Å². The van der Waals surface area contributed by atoms with Crippen LogP contribution in [0.3, 0.4) is 0 Å². The first kappa shape index (κ1) is 11.8. The highest BCUT2D eigenvalue weighted by Gasteiger charge is 2.47. The van der Waals surface area contributed by atoms with Gasteiger partial charge >= 0.3 is 5.97 Å². The molecule has 1 heterocycles. The van der Waals surface area contributed by atoms with Crippen LogP contribution in [0.25, 0.3) is 0 Å². The second-order valence-corrected chi connectivity index (χ2v) is 4.83. The van der Waals surface area contributed by atoms with Crippen LogP contribution in [0.1, 0.15) is 31.2 Å². The van der Waals surface area contributed by atoms with E-state index >= 15 is 0 Å². The van der Waals surface area contributed by atoms with Gasteiger partial charge in [0.1, 0.15) is 11.4 Å². The van der Waals surface area contributed by atoms with Gasteiger partial charge in [0.15, 0.2) is 0 Å². The van der Waals surface area contributed by atoms with Crippen LogP contribution < -0.4 is 5.32 Å². The molecule has 5 heteroatoms. The van der Waals surface area contributed by atoms with Gasteiger partial charge < -0.3 is 10.4 Å². The van der Waals surface area contributed by atoms with Crippen molar-refractivity contribution in [3.63, 3.8) is 0 Å². The van der Waals surface area contributed by atoms with Crippen molar-refractivity contribution < 1.29 is 9.90 Å². The van der Waals surface area contributed by atoms with Gasteiger partial charge in [0.25, 0.3) is 0 Å². The van der Waals surface area contributed by atoms with E-state index in [0.29, 0.717) is 5.82 Å². The molecular weight excluding hydrogens is 218 g/mol. The molecule has 17 heavy (non-hydrogen) atoms. The average molecular weight is 235 g/mol. The minimum atomic E-state index is -0.934. The van der Waals surface area contributed by atoms with Crippen molar-refractivity contribution in [3.05, 3.63) is 17.6 Å². The van der Waals surface area contributed by atoms with Gasteiger partial charge in [0, 0.05) is 0 Å². The maximum absolute atomic E-state index is 11.3. The number of hydrogen-bond donors (Lipinski definition) is 2. The van der Waals surface area contributed by atoms with E-state index in [2.05, 4.69) is 15.3 Å². The molecule has 1 fully saturated rings. The smallest absolute Gasteiger partial charge is 0.329 e. The summed E-state index contributed by atoms with van der Waals surface area (Å²) in [5.41, 5.74) is 0.744. The van der Waals surface area contributed by atoms with Crippen LogP contribution in [-0.2, 0) is 4.79 Å². The Morgan fingerprint density at radius 3 is 2.59 bits per heavy atom. The highest BCUT2D eigenvalue weighted by molar-refractivity contribution is 5.82. The Morgan fingerprint density at radius 1 is 1.47 bits per heavy atom. The lowest BCUT2D eigenvalue weighted by atomic mass is 9.96. The van der Waals surface area contributed by atoms with Crippen LogP contribution in [0.5, 0.6) is 0 Å². The Labute approximate surface area is 100 Å². The second kappa shape index (κ2) is 3.98. The highest BCUT2D eigenvalue weighted by atomic mass is 16.4. The van der Waals surface area contributed by atoms with Gasteiger partial charge in [0.05, 0.1) is 17.6 Å². The van der Waals surface area contributed by atoms with Crippen molar-refractivity contribution in [1.29, 1.82) is 0 Å². The molecule has 1 aromatic heterocycles. The molecule has 1 aliphatic carbocycles. The SMILES string of the molecule is Cc1ncc(NC(C)(C(=O)O)C2CC2)nc1C. The minimum absolute atomic E-state index is 0.184. The molecule has 2 rings (SSSR count).